The third-order valence-electron chi connectivity index (χ3n) is 4.19. The Morgan fingerprint density at radius 1 is 1.46 bits per heavy atom. The molecule has 1 atom stereocenters. The Morgan fingerprint density at radius 2 is 2.12 bits per heavy atom. The molecule has 1 amide bonds. The lowest BCUT2D eigenvalue weighted by Gasteiger charge is -2.29. The van der Waals surface area contributed by atoms with Gasteiger partial charge in [0.05, 0.1) is 27.5 Å². The highest BCUT2D eigenvalue weighted by molar-refractivity contribution is 6.34. The lowest BCUT2D eigenvalue weighted by molar-refractivity contribution is 0.0664. The normalized spacial score (nSPS) is 15.4. The average molecular weight is 371 g/mol. The molecule has 1 fully saturated rings. The molecule has 1 aliphatic carbocycles. The summed E-state index contributed by atoms with van der Waals surface area (Å²) < 4.78 is 15.4. The lowest BCUT2D eigenvalue weighted by Crippen LogP contribution is -2.36. The van der Waals surface area contributed by atoms with Crippen molar-refractivity contribution in [2.24, 2.45) is 7.05 Å². The minimum atomic E-state index is -0.634. The zero-order valence-corrected chi connectivity index (χ0v) is 15.1. The zero-order chi connectivity index (χ0) is 17.6. The van der Waals surface area contributed by atoms with Gasteiger partial charge in [0.25, 0.3) is 5.91 Å². The number of aryl methyl sites for hydroxylation is 2. The molecule has 0 bridgehead atoms. The van der Waals surface area contributed by atoms with E-state index >= 15 is 0 Å². The van der Waals surface area contributed by atoms with Crippen molar-refractivity contribution >= 4 is 29.1 Å². The SMILES string of the molecule is Cc1nn(C)c(F)c1C(=O)N(C1CC1)C(C)c1ncc(Cl)cc1Cl. The van der Waals surface area contributed by atoms with E-state index in [0.29, 0.717) is 21.4 Å². The van der Waals surface area contributed by atoms with Crippen LogP contribution in [0.2, 0.25) is 10.0 Å². The standard InChI is InChI=1S/C16H17Cl2FN4O/c1-8-13(15(19)22(3)21-8)16(24)23(11-4-5-11)9(2)14-12(18)6-10(17)7-20-14/h6-7,9,11H,4-5H2,1-3H3. The number of halogens is 3. The molecule has 0 N–H and O–H groups in total. The summed E-state index contributed by atoms with van der Waals surface area (Å²) >= 11 is 12.1. The van der Waals surface area contributed by atoms with Crippen LogP contribution in [0.15, 0.2) is 12.3 Å². The van der Waals surface area contributed by atoms with E-state index in [9.17, 15) is 9.18 Å². The zero-order valence-electron chi connectivity index (χ0n) is 13.6. The summed E-state index contributed by atoms with van der Waals surface area (Å²) in [6.45, 7) is 3.46. The van der Waals surface area contributed by atoms with Crippen molar-refractivity contribution in [2.75, 3.05) is 0 Å². The van der Waals surface area contributed by atoms with E-state index in [1.165, 1.54) is 13.2 Å². The Bertz CT molecular complexity index is 804. The minimum absolute atomic E-state index is 0.00124. The van der Waals surface area contributed by atoms with Gasteiger partial charge in [0, 0.05) is 19.3 Å². The highest BCUT2D eigenvalue weighted by Crippen LogP contribution is 2.37. The quantitative estimate of drug-likeness (QED) is 0.818. The van der Waals surface area contributed by atoms with E-state index in [1.54, 1.807) is 17.9 Å². The monoisotopic (exact) mass is 370 g/mol. The summed E-state index contributed by atoms with van der Waals surface area (Å²) in [4.78, 5) is 18.9. The maximum absolute atomic E-state index is 14.3. The van der Waals surface area contributed by atoms with Crippen LogP contribution in [0.25, 0.3) is 0 Å². The predicted octanol–water partition coefficient (Wildman–Crippen LogP) is 3.94. The van der Waals surface area contributed by atoms with E-state index in [1.807, 2.05) is 6.92 Å². The average Bonchev–Trinajstić information content (AvgIpc) is 3.27. The molecule has 2 heterocycles. The van der Waals surface area contributed by atoms with Gasteiger partial charge in [0.15, 0.2) is 0 Å². The van der Waals surface area contributed by atoms with Crippen LogP contribution in [0.1, 0.15) is 47.6 Å². The van der Waals surface area contributed by atoms with E-state index < -0.39 is 12.0 Å². The van der Waals surface area contributed by atoms with Gasteiger partial charge in [-0.15, -0.1) is 0 Å². The molecule has 2 aromatic rings. The maximum Gasteiger partial charge on any atom is 0.261 e. The smallest absolute Gasteiger partial charge is 0.261 e. The summed E-state index contributed by atoms with van der Waals surface area (Å²) in [7, 11) is 1.47. The van der Waals surface area contributed by atoms with Crippen LogP contribution in [0.3, 0.4) is 0 Å². The number of nitrogens with zero attached hydrogens (tertiary/aromatic N) is 4. The topological polar surface area (TPSA) is 51.0 Å². The molecule has 0 aromatic carbocycles. The van der Waals surface area contributed by atoms with Crippen molar-refractivity contribution in [1.82, 2.24) is 19.7 Å². The molecule has 5 nitrogen and oxygen atoms in total. The molecule has 0 saturated heterocycles. The summed E-state index contributed by atoms with van der Waals surface area (Å²) in [5.74, 6) is -1.02. The third-order valence-corrected chi connectivity index (χ3v) is 4.70. The number of carbonyl (C=O) groups excluding carboxylic acids is 1. The number of amides is 1. The van der Waals surface area contributed by atoms with E-state index in [0.717, 1.165) is 17.5 Å². The van der Waals surface area contributed by atoms with E-state index in [-0.39, 0.29) is 17.5 Å². The second-order valence-electron chi connectivity index (χ2n) is 6.01. The fraction of sp³-hybridized carbons (Fsp3) is 0.438. The van der Waals surface area contributed by atoms with Gasteiger partial charge in [-0.05, 0) is 32.8 Å². The molecule has 24 heavy (non-hydrogen) atoms. The Hall–Kier alpha value is -1.66. The van der Waals surface area contributed by atoms with E-state index in [2.05, 4.69) is 10.1 Å². The molecule has 128 valence electrons. The van der Waals surface area contributed by atoms with Crippen LogP contribution in [0.5, 0.6) is 0 Å². The molecule has 3 rings (SSSR count). The molecular weight excluding hydrogens is 354 g/mol. The second kappa shape index (κ2) is 6.33. The Morgan fingerprint density at radius 3 is 2.62 bits per heavy atom. The van der Waals surface area contributed by atoms with Crippen LogP contribution in [-0.2, 0) is 7.05 Å². The number of hydrogen-bond acceptors (Lipinski definition) is 3. The third kappa shape index (κ3) is 3.00. The molecule has 1 unspecified atom stereocenters. The minimum Gasteiger partial charge on any atom is -0.327 e. The summed E-state index contributed by atoms with van der Waals surface area (Å²) in [6, 6.07) is 1.25. The van der Waals surface area contributed by atoms with Gasteiger partial charge >= 0.3 is 0 Å². The maximum atomic E-state index is 14.3. The molecule has 0 spiro atoms. The van der Waals surface area contributed by atoms with Crippen LogP contribution >= 0.6 is 23.2 Å². The summed E-state index contributed by atoms with van der Waals surface area (Å²) in [5.41, 5.74) is 0.914. The summed E-state index contributed by atoms with van der Waals surface area (Å²) in [5, 5.41) is 4.80. The van der Waals surface area contributed by atoms with Gasteiger partial charge in [-0.3, -0.25) is 9.78 Å². The summed E-state index contributed by atoms with van der Waals surface area (Å²) in [6.07, 6.45) is 3.25. The fourth-order valence-corrected chi connectivity index (χ4v) is 3.42. The first kappa shape index (κ1) is 17.2. The first-order chi connectivity index (χ1) is 11.3. The Labute approximate surface area is 149 Å². The number of aromatic nitrogens is 3. The highest BCUT2D eigenvalue weighted by Gasteiger charge is 2.40. The Balaban J connectivity index is 1.99. The lowest BCUT2D eigenvalue weighted by atomic mass is 10.1. The highest BCUT2D eigenvalue weighted by atomic mass is 35.5. The second-order valence-corrected chi connectivity index (χ2v) is 6.86. The number of rotatable bonds is 4. The molecule has 1 aliphatic rings. The fourth-order valence-electron chi connectivity index (χ4n) is 2.88. The van der Waals surface area contributed by atoms with Crippen LogP contribution in [-0.4, -0.2) is 31.6 Å². The van der Waals surface area contributed by atoms with E-state index in [4.69, 9.17) is 23.2 Å². The van der Waals surface area contributed by atoms with Crippen LogP contribution < -0.4 is 0 Å². The van der Waals surface area contributed by atoms with Crippen molar-refractivity contribution in [3.63, 3.8) is 0 Å². The van der Waals surface area contributed by atoms with Crippen molar-refractivity contribution < 1.29 is 9.18 Å². The molecule has 0 radical (unpaired) electrons. The first-order valence-electron chi connectivity index (χ1n) is 7.64. The number of hydrogen-bond donors (Lipinski definition) is 0. The van der Waals surface area contributed by atoms with Crippen molar-refractivity contribution in [3.8, 4) is 0 Å². The number of carbonyl (C=O) groups is 1. The molecule has 8 heteroatoms. The molecule has 0 aliphatic heterocycles. The Kier molecular flexibility index (Phi) is 4.53. The van der Waals surface area contributed by atoms with Gasteiger partial charge in [0.2, 0.25) is 5.95 Å². The predicted molar refractivity (Wildman–Crippen MR) is 89.8 cm³/mol. The van der Waals surface area contributed by atoms with Gasteiger partial charge in [-0.25, -0.2) is 4.68 Å². The van der Waals surface area contributed by atoms with Gasteiger partial charge in [-0.2, -0.15) is 9.49 Å². The molecule has 2 aromatic heterocycles. The number of pyridine rings is 1. The van der Waals surface area contributed by atoms with Crippen LogP contribution in [0.4, 0.5) is 4.39 Å². The molecular formula is C16H17Cl2FN4O. The van der Waals surface area contributed by atoms with Gasteiger partial charge in [0.1, 0.15) is 5.56 Å². The molecule has 1 saturated carbocycles. The van der Waals surface area contributed by atoms with Gasteiger partial charge in [-0.1, -0.05) is 23.2 Å². The van der Waals surface area contributed by atoms with Crippen molar-refractivity contribution in [3.05, 3.63) is 45.2 Å². The first-order valence-corrected chi connectivity index (χ1v) is 8.39. The van der Waals surface area contributed by atoms with Crippen LogP contribution in [0, 0.1) is 12.9 Å². The van der Waals surface area contributed by atoms with Gasteiger partial charge < -0.3 is 4.90 Å². The van der Waals surface area contributed by atoms with Crippen molar-refractivity contribution in [2.45, 2.75) is 38.8 Å². The largest absolute Gasteiger partial charge is 0.327 e. The van der Waals surface area contributed by atoms with Crippen molar-refractivity contribution in [1.29, 1.82) is 0 Å².